The van der Waals surface area contributed by atoms with E-state index in [2.05, 4.69) is 0 Å². The second kappa shape index (κ2) is 2.28. The molecule has 0 bridgehead atoms. The van der Waals surface area contributed by atoms with Gasteiger partial charge in [-0.1, -0.05) is 12.1 Å². The van der Waals surface area contributed by atoms with Crippen LogP contribution in [-0.2, 0) is 0 Å². The van der Waals surface area contributed by atoms with Crippen molar-refractivity contribution in [3.63, 3.8) is 0 Å². The van der Waals surface area contributed by atoms with E-state index in [1.807, 2.05) is 0 Å². The van der Waals surface area contributed by atoms with Gasteiger partial charge in [-0.25, -0.2) is 0 Å². The molecule has 0 nitrogen and oxygen atoms in total. The molecule has 0 rings (SSSR count). The van der Waals surface area contributed by atoms with Crippen molar-refractivity contribution in [3.05, 3.63) is 12.1 Å². The van der Waals surface area contributed by atoms with Gasteiger partial charge in [0.15, 0.2) is 0 Å². The van der Waals surface area contributed by atoms with Gasteiger partial charge in [-0.05, 0) is 6.85 Å². The van der Waals surface area contributed by atoms with Crippen molar-refractivity contribution in [1.29, 1.82) is 0 Å². The zero-order valence-corrected chi connectivity index (χ0v) is 3.13. The predicted molar refractivity (Wildman–Crippen MR) is 25.5 cm³/mol. The minimum Gasteiger partial charge on any atom is -0.122 e. The van der Waals surface area contributed by atoms with Crippen LogP contribution in [0.2, 0.25) is 0 Å². The highest BCUT2D eigenvalue weighted by molar-refractivity contribution is 6.19. The lowest BCUT2D eigenvalue weighted by Crippen LogP contribution is -1.65. The van der Waals surface area contributed by atoms with Crippen LogP contribution in [0.3, 0.4) is 0 Å². The molecule has 0 aliphatic rings. The van der Waals surface area contributed by atoms with Crippen LogP contribution in [0.1, 0.15) is 16.4 Å². The van der Waals surface area contributed by atoms with Crippen LogP contribution in [0.15, 0.2) is 12.1 Å². The third kappa shape index (κ3) is 4.03. The molecule has 0 saturated carbocycles. The lowest BCUT2D eigenvalue weighted by molar-refractivity contribution is 1.43. The van der Waals surface area contributed by atoms with Gasteiger partial charge in [0, 0.05) is 12.7 Å². The molecule has 0 aliphatic heterocycles. The Bertz CT molecular complexity index is 176. The van der Waals surface area contributed by atoms with Crippen LogP contribution in [0.5, 0.6) is 0 Å². The van der Waals surface area contributed by atoms with Crippen LogP contribution in [-0.4, -0.2) is 5.83 Å². The molecule has 0 spiro atoms. The van der Waals surface area contributed by atoms with Gasteiger partial charge >= 0.3 is 0 Å². The van der Waals surface area contributed by atoms with E-state index in [-0.39, 0.29) is 0 Å². The SMILES string of the molecule is [2H]C([2H])=C(C([2H])([2H])[2H])C([2H])([2H])Cl. The quantitative estimate of drug-likeness (QED) is 0.346. The Morgan fingerprint density at radius 3 is 3.60 bits per heavy atom. The van der Waals surface area contributed by atoms with Crippen LogP contribution < -0.4 is 0 Å². The fraction of sp³-hybridized carbons (Fsp3) is 0.500. The molecular weight excluding hydrogens is 83.5 g/mol. The largest absolute Gasteiger partial charge is 0.122 e. The normalized spacial score (nSPS) is 32.6. The zero-order chi connectivity index (χ0) is 10.2. The van der Waals surface area contributed by atoms with Crippen LogP contribution in [0.25, 0.3) is 0 Å². The molecule has 0 heterocycles. The molecule has 0 aromatic rings. The molecule has 0 unspecified atom stereocenters. The average molecular weight is 97.6 g/mol. The van der Waals surface area contributed by atoms with Gasteiger partial charge in [0.2, 0.25) is 0 Å². The first kappa shape index (κ1) is 0.671. The molecule has 30 valence electrons. The second-order valence-electron chi connectivity index (χ2n) is 0.469. The fourth-order valence-corrected chi connectivity index (χ4v) is 0. The summed E-state index contributed by atoms with van der Waals surface area (Å²) in [5.74, 6) is -2.66. The Kier molecular flexibility index (Phi) is 0.306. The van der Waals surface area contributed by atoms with Gasteiger partial charge in [-0.2, -0.15) is 0 Å². The standard InChI is InChI=1S/C4H7Cl/c1-4(2)3-5/h1,3H2,2H3/i1D2,2D3,3D2. The Morgan fingerprint density at radius 1 is 2.80 bits per heavy atom. The summed E-state index contributed by atoms with van der Waals surface area (Å²) in [7, 11) is 0. The molecule has 0 fully saturated rings. The maximum atomic E-state index is 6.85. The van der Waals surface area contributed by atoms with Crippen LogP contribution in [0, 0.1) is 0 Å². The van der Waals surface area contributed by atoms with Crippen molar-refractivity contribution >= 4 is 11.6 Å². The van der Waals surface area contributed by atoms with Gasteiger partial charge in [-0.15, -0.1) is 11.6 Å². The Hall–Kier alpha value is 0.0300. The summed E-state index contributed by atoms with van der Waals surface area (Å²) in [5.41, 5.74) is -0.989. The highest BCUT2D eigenvalue weighted by atomic mass is 35.5. The lowest BCUT2D eigenvalue weighted by Gasteiger charge is -1.77. The first-order valence-corrected chi connectivity index (χ1v) is 1.32. The second-order valence-corrected chi connectivity index (χ2v) is 0.658. The number of hydrogen-bond acceptors (Lipinski definition) is 0. The summed E-state index contributed by atoms with van der Waals surface area (Å²) >= 11 is 5.05. The molecule has 0 aromatic heterocycles. The van der Waals surface area contributed by atoms with Gasteiger partial charge in [0.25, 0.3) is 0 Å². The summed E-state index contributed by atoms with van der Waals surface area (Å²) < 4.78 is 47.5. The van der Waals surface area contributed by atoms with Gasteiger partial charge < -0.3 is 0 Å². The monoisotopic (exact) mass is 97.1 g/mol. The highest BCUT2D eigenvalue weighted by Crippen LogP contribution is 1.86. The van der Waals surface area contributed by atoms with Crippen molar-refractivity contribution < 1.29 is 9.60 Å². The Balaban J connectivity index is 5.13. The Morgan fingerprint density at radius 2 is 3.60 bits per heavy atom. The van der Waals surface area contributed by atoms with Crippen LogP contribution >= 0.6 is 11.6 Å². The number of halogens is 1. The summed E-state index contributed by atoms with van der Waals surface area (Å²) in [6.45, 7) is -3.93. The first-order valence-electron chi connectivity index (χ1n) is 4.44. The summed E-state index contributed by atoms with van der Waals surface area (Å²) in [4.78, 5) is 0. The topological polar surface area (TPSA) is 0 Å². The third-order valence-corrected chi connectivity index (χ3v) is 0.283. The zero-order valence-electron chi connectivity index (χ0n) is 9.38. The van der Waals surface area contributed by atoms with E-state index in [9.17, 15) is 0 Å². The first-order chi connectivity index (χ1) is 5.07. The smallest absolute Gasteiger partial charge is 0.0538 e. The molecule has 0 atom stereocenters. The minimum atomic E-state index is -2.83. The number of hydrogen-bond donors (Lipinski definition) is 0. The van der Waals surface area contributed by atoms with E-state index in [0.29, 0.717) is 0 Å². The van der Waals surface area contributed by atoms with E-state index in [1.54, 1.807) is 0 Å². The van der Waals surface area contributed by atoms with Crippen molar-refractivity contribution in [2.45, 2.75) is 6.85 Å². The Labute approximate surface area is 47.3 Å². The summed E-state index contributed by atoms with van der Waals surface area (Å²) in [5, 5.41) is 0. The molecule has 0 amide bonds. The van der Waals surface area contributed by atoms with Crippen LogP contribution in [0.4, 0.5) is 0 Å². The van der Waals surface area contributed by atoms with Crippen molar-refractivity contribution in [2.24, 2.45) is 0 Å². The van der Waals surface area contributed by atoms with E-state index in [0.717, 1.165) is 0 Å². The molecule has 0 N–H and O–H groups in total. The number of allylic oxidation sites excluding steroid dienone is 1. The van der Waals surface area contributed by atoms with E-state index >= 15 is 0 Å². The summed E-state index contributed by atoms with van der Waals surface area (Å²) in [6, 6.07) is 0. The van der Waals surface area contributed by atoms with Gasteiger partial charge in [0.1, 0.15) is 0 Å². The average Bonchev–Trinajstić information content (AvgIpc) is 1.49. The van der Waals surface area contributed by atoms with Crippen molar-refractivity contribution in [2.75, 3.05) is 5.83 Å². The maximum absolute atomic E-state index is 6.85. The molecule has 0 aromatic carbocycles. The van der Waals surface area contributed by atoms with Gasteiger partial charge in [-0.3, -0.25) is 0 Å². The van der Waals surface area contributed by atoms with Crippen molar-refractivity contribution in [1.82, 2.24) is 0 Å². The fourth-order valence-electron chi connectivity index (χ4n) is 0. The third-order valence-electron chi connectivity index (χ3n) is 0.0945. The molecule has 5 heavy (non-hydrogen) atoms. The van der Waals surface area contributed by atoms with Crippen molar-refractivity contribution in [3.8, 4) is 0 Å². The number of alkyl halides is 1. The number of rotatable bonds is 1. The predicted octanol–water partition coefficient (Wildman–Crippen LogP) is 1.80. The molecular formula is C4H7Cl. The molecule has 0 radical (unpaired) electrons. The molecule has 0 saturated heterocycles. The maximum Gasteiger partial charge on any atom is 0.0538 e. The summed E-state index contributed by atoms with van der Waals surface area (Å²) in [6.07, 6.45) is 0. The lowest BCUT2D eigenvalue weighted by atomic mass is 10.4. The van der Waals surface area contributed by atoms with E-state index in [1.165, 1.54) is 0 Å². The highest BCUT2D eigenvalue weighted by Gasteiger charge is 1.70. The molecule has 1 heteroatoms. The molecule has 0 aliphatic carbocycles. The van der Waals surface area contributed by atoms with E-state index < -0.39 is 24.8 Å². The van der Waals surface area contributed by atoms with E-state index in [4.69, 9.17) is 21.2 Å². The minimum absolute atomic E-state index is 0.989. The van der Waals surface area contributed by atoms with Gasteiger partial charge in [0.05, 0.1) is 2.74 Å².